The van der Waals surface area contributed by atoms with Crippen LogP contribution in [0.5, 0.6) is 0 Å². The number of benzene rings is 1. The number of ether oxygens (including phenoxy) is 1. The summed E-state index contributed by atoms with van der Waals surface area (Å²) in [5.74, 6) is -1.58. The average molecular weight is 424 g/mol. The van der Waals surface area contributed by atoms with Gasteiger partial charge in [-0.15, -0.1) is 0 Å². The van der Waals surface area contributed by atoms with Crippen LogP contribution in [0.3, 0.4) is 0 Å². The topological polar surface area (TPSA) is 84.0 Å². The Morgan fingerprint density at radius 3 is 2.45 bits per heavy atom. The molecule has 1 aliphatic carbocycles. The summed E-state index contributed by atoms with van der Waals surface area (Å²) in [6, 6.07) is 8.14. The standard InChI is InChI=1S/C24H28N2O5/c1-15(27)12-19-24-18(13-20(28)31-24)22(29)26(17-10-6-3-7-11-17)21(24)23(30)25(19)14-16-8-4-2-5-9-16/h2,4-5,8-9,17-19,21H,3,6-7,10-14H2,1H3/t18-,19+,21+,24+/m1/s1. The Morgan fingerprint density at radius 1 is 1.06 bits per heavy atom. The second-order valence-corrected chi connectivity index (χ2v) is 9.40. The molecule has 3 aliphatic heterocycles. The first-order valence-electron chi connectivity index (χ1n) is 11.3. The van der Waals surface area contributed by atoms with Crippen molar-refractivity contribution in [1.29, 1.82) is 0 Å². The number of amides is 2. The van der Waals surface area contributed by atoms with Crippen LogP contribution >= 0.6 is 0 Å². The first-order valence-corrected chi connectivity index (χ1v) is 11.3. The molecule has 7 heteroatoms. The van der Waals surface area contributed by atoms with E-state index in [0.717, 1.165) is 37.7 Å². The van der Waals surface area contributed by atoms with Crippen molar-refractivity contribution in [3.63, 3.8) is 0 Å². The number of likely N-dealkylation sites (tertiary alicyclic amines) is 2. The number of carbonyl (C=O) groups excluding carboxylic acids is 4. The summed E-state index contributed by atoms with van der Waals surface area (Å²) < 4.78 is 5.92. The average Bonchev–Trinajstić information content (AvgIpc) is 3.29. The largest absolute Gasteiger partial charge is 0.453 e. The molecule has 4 fully saturated rings. The Hall–Kier alpha value is -2.70. The number of carbonyl (C=O) groups is 4. The highest BCUT2D eigenvalue weighted by molar-refractivity contribution is 6.02. The molecule has 3 heterocycles. The molecule has 1 spiro atoms. The maximum absolute atomic E-state index is 13.9. The SMILES string of the molecule is CC(=O)C[C@@H]1N(Cc2ccccc2)C(=O)[C@@H]2N(C3CCCCC3)C(=O)[C@H]3CC(=O)O[C@@]312. The van der Waals surface area contributed by atoms with Crippen LogP contribution in [0, 0.1) is 5.92 Å². The summed E-state index contributed by atoms with van der Waals surface area (Å²) in [6.07, 6.45) is 4.97. The minimum Gasteiger partial charge on any atom is -0.453 e. The van der Waals surface area contributed by atoms with E-state index in [1.54, 1.807) is 9.80 Å². The van der Waals surface area contributed by atoms with Crippen LogP contribution in [-0.2, 0) is 30.5 Å². The third kappa shape index (κ3) is 3.00. The van der Waals surface area contributed by atoms with Crippen molar-refractivity contribution >= 4 is 23.6 Å². The molecule has 7 nitrogen and oxygen atoms in total. The Morgan fingerprint density at radius 2 is 1.77 bits per heavy atom. The maximum Gasteiger partial charge on any atom is 0.307 e. The molecule has 1 aromatic rings. The van der Waals surface area contributed by atoms with Gasteiger partial charge in [0, 0.05) is 19.0 Å². The zero-order valence-corrected chi connectivity index (χ0v) is 17.8. The fraction of sp³-hybridized carbons (Fsp3) is 0.583. The normalized spacial score (nSPS) is 32.9. The molecule has 31 heavy (non-hydrogen) atoms. The maximum atomic E-state index is 13.9. The van der Waals surface area contributed by atoms with Crippen LogP contribution in [0.1, 0.15) is 57.4 Å². The van der Waals surface area contributed by atoms with Gasteiger partial charge in [-0.2, -0.15) is 0 Å². The van der Waals surface area contributed by atoms with Gasteiger partial charge in [0.05, 0.1) is 18.4 Å². The minimum absolute atomic E-state index is 0.00831. The van der Waals surface area contributed by atoms with Crippen molar-refractivity contribution in [3.8, 4) is 0 Å². The first kappa shape index (κ1) is 20.2. The smallest absolute Gasteiger partial charge is 0.307 e. The molecule has 2 amide bonds. The quantitative estimate of drug-likeness (QED) is 0.677. The third-order valence-corrected chi connectivity index (χ3v) is 7.52. The molecular formula is C24H28N2O5. The molecule has 0 unspecified atom stereocenters. The van der Waals surface area contributed by atoms with Crippen LogP contribution in [0.25, 0.3) is 0 Å². The third-order valence-electron chi connectivity index (χ3n) is 7.52. The highest BCUT2D eigenvalue weighted by Gasteiger charge is 2.77. The van der Waals surface area contributed by atoms with Crippen LogP contribution < -0.4 is 0 Å². The van der Waals surface area contributed by atoms with Gasteiger partial charge in [-0.3, -0.25) is 19.2 Å². The van der Waals surface area contributed by atoms with Crippen molar-refractivity contribution in [2.45, 2.75) is 82.1 Å². The van der Waals surface area contributed by atoms with Gasteiger partial charge in [-0.1, -0.05) is 49.6 Å². The second-order valence-electron chi connectivity index (χ2n) is 9.40. The van der Waals surface area contributed by atoms with E-state index in [1.165, 1.54) is 6.92 Å². The Balaban J connectivity index is 1.59. The van der Waals surface area contributed by atoms with Gasteiger partial charge in [0.2, 0.25) is 11.8 Å². The summed E-state index contributed by atoms with van der Waals surface area (Å²) in [4.78, 5) is 55.5. The van der Waals surface area contributed by atoms with Crippen molar-refractivity contribution in [1.82, 2.24) is 9.80 Å². The van der Waals surface area contributed by atoms with E-state index in [1.807, 2.05) is 30.3 Å². The molecule has 4 atom stereocenters. The van der Waals surface area contributed by atoms with E-state index in [2.05, 4.69) is 0 Å². The Kier molecular flexibility index (Phi) is 4.87. The van der Waals surface area contributed by atoms with E-state index in [4.69, 9.17) is 4.74 Å². The summed E-state index contributed by atoms with van der Waals surface area (Å²) in [5, 5.41) is 0. The Labute approximate surface area is 181 Å². The monoisotopic (exact) mass is 424 g/mol. The number of nitrogens with zero attached hydrogens (tertiary/aromatic N) is 2. The summed E-state index contributed by atoms with van der Waals surface area (Å²) in [6.45, 7) is 1.81. The fourth-order valence-electron chi connectivity index (χ4n) is 6.30. The van der Waals surface area contributed by atoms with Crippen LogP contribution in [0.2, 0.25) is 0 Å². The van der Waals surface area contributed by atoms with Crippen LogP contribution in [0.15, 0.2) is 30.3 Å². The molecule has 4 aliphatic rings. The molecule has 3 saturated heterocycles. The minimum atomic E-state index is -1.26. The number of esters is 1. The number of hydrogen-bond donors (Lipinski definition) is 0. The summed E-state index contributed by atoms with van der Waals surface area (Å²) in [5.41, 5.74) is -0.319. The van der Waals surface area contributed by atoms with Crippen molar-refractivity contribution in [2.24, 2.45) is 5.92 Å². The molecule has 1 aromatic carbocycles. The molecular weight excluding hydrogens is 396 g/mol. The van der Waals surface area contributed by atoms with Crippen LogP contribution in [0.4, 0.5) is 0 Å². The highest BCUT2D eigenvalue weighted by atomic mass is 16.6. The van der Waals surface area contributed by atoms with Gasteiger partial charge < -0.3 is 14.5 Å². The van der Waals surface area contributed by atoms with Gasteiger partial charge in [-0.05, 0) is 25.3 Å². The molecule has 0 radical (unpaired) electrons. The van der Waals surface area contributed by atoms with E-state index >= 15 is 0 Å². The lowest BCUT2D eigenvalue weighted by molar-refractivity contribution is -0.155. The van der Waals surface area contributed by atoms with Gasteiger partial charge in [-0.25, -0.2) is 0 Å². The van der Waals surface area contributed by atoms with Crippen LogP contribution in [-0.4, -0.2) is 57.1 Å². The molecule has 0 aromatic heterocycles. The number of rotatable bonds is 5. The molecule has 0 N–H and O–H groups in total. The molecule has 1 saturated carbocycles. The zero-order chi connectivity index (χ0) is 21.8. The van der Waals surface area contributed by atoms with E-state index in [9.17, 15) is 19.2 Å². The second kappa shape index (κ2) is 7.46. The van der Waals surface area contributed by atoms with Crippen molar-refractivity contribution in [2.75, 3.05) is 0 Å². The van der Waals surface area contributed by atoms with Gasteiger partial charge in [0.1, 0.15) is 5.78 Å². The van der Waals surface area contributed by atoms with Gasteiger partial charge in [0.25, 0.3) is 0 Å². The van der Waals surface area contributed by atoms with Crippen molar-refractivity contribution in [3.05, 3.63) is 35.9 Å². The number of ketones is 1. The predicted octanol–water partition coefficient (Wildman–Crippen LogP) is 2.22. The fourth-order valence-corrected chi connectivity index (χ4v) is 6.30. The van der Waals surface area contributed by atoms with E-state index in [0.29, 0.717) is 6.54 Å². The zero-order valence-electron chi connectivity index (χ0n) is 17.8. The first-order chi connectivity index (χ1) is 14.9. The number of hydrogen-bond acceptors (Lipinski definition) is 5. The summed E-state index contributed by atoms with van der Waals surface area (Å²) in [7, 11) is 0. The lowest BCUT2D eigenvalue weighted by atomic mass is 9.79. The lowest BCUT2D eigenvalue weighted by Gasteiger charge is -2.36. The molecule has 164 valence electrons. The van der Waals surface area contributed by atoms with E-state index in [-0.39, 0.29) is 36.5 Å². The Bertz CT molecular complexity index is 925. The molecule has 0 bridgehead atoms. The lowest BCUT2D eigenvalue weighted by Crippen LogP contribution is -2.54. The van der Waals surface area contributed by atoms with Crippen molar-refractivity contribution < 1.29 is 23.9 Å². The van der Waals surface area contributed by atoms with Gasteiger partial charge >= 0.3 is 5.97 Å². The van der Waals surface area contributed by atoms with Gasteiger partial charge in [0.15, 0.2) is 11.6 Å². The predicted molar refractivity (Wildman–Crippen MR) is 111 cm³/mol. The molecule has 5 rings (SSSR count). The highest BCUT2D eigenvalue weighted by Crippen LogP contribution is 2.55. The summed E-state index contributed by atoms with van der Waals surface area (Å²) >= 11 is 0. The van der Waals surface area contributed by atoms with E-state index < -0.39 is 29.6 Å². The number of Topliss-reactive ketones (excluding diaryl/α,β-unsaturated/α-hetero) is 1.